The molecule has 0 saturated heterocycles. The summed E-state index contributed by atoms with van der Waals surface area (Å²) in [4.78, 5) is 14.3. The first-order valence-corrected chi connectivity index (χ1v) is 8.35. The fourth-order valence-corrected chi connectivity index (χ4v) is 3.39. The molecule has 7 heteroatoms. The van der Waals surface area contributed by atoms with Crippen molar-refractivity contribution < 1.29 is 4.79 Å². The molecule has 1 amide bonds. The van der Waals surface area contributed by atoms with Crippen LogP contribution in [0.2, 0.25) is 0 Å². The van der Waals surface area contributed by atoms with Crippen molar-refractivity contribution in [3.63, 3.8) is 0 Å². The molecule has 0 radical (unpaired) electrons. The number of carbonyl (C=O) groups is 1. The summed E-state index contributed by atoms with van der Waals surface area (Å²) in [6.45, 7) is 12.6. The molecule has 0 aliphatic heterocycles. The van der Waals surface area contributed by atoms with E-state index in [1.807, 2.05) is 37.2 Å². The van der Waals surface area contributed by atoms with Crippen LogP contribution in [0, 0.1) is 0 Å². The van der Waals surface area contributed by atoms with Crippen molar-refractivity contribution in [2.45, 2.75) is 71.4 Å². The molecule has 1 heterocycles. The van der Waals surface area contributed by atoms with E-state index in [0.29, 0.717) is 12.3 Å². The second-order valence-corrected chi connectivity index (χ2v) is 6.79. The summed E-state index contributed by atoms with van der Waals surface area (Å²) in [5.41, 5.74) is 5.68. The van der Waals surface area contributed by atoms with Crippen LogP contribution in [-0.2, 0) is 11.3 Å². The fourth-order valence-electron chi connectivity index (χ4n) is 2.44. The summed E-state index contributed by atoms with van der Waals surface area (Å²) in [5.74, 6) is 1.24. The van der Waals surface area contributed by atoms with Gasteiger partial charge >= 0.3 is 0 Å². The van der Waals surface area contributed by atoms with E-state index < -0.39 is 0 Å². The molecule has 0 bridgehead atoms. The third-order valence-electron chi connectivity index (χ3n) is 3.16. The molecule has 0 unspecified atom stereocenters. The number of rotatable bonds is 7. The van der Waals surface area contributed by atoms with E-state index in [1.54, 1.807) is 0 Å². The number of thioether (sulfide) groups is 1. The van der Waals surface area contributed by atoms with Crippen LogP contribution >= 0.6 is 11.8 Å². The number of aromatic nitrogens is 3. The monoisotopic (exact) mass is 313 g/mol. The van der Waals surface area contributed by atoms with E-state index in [9.17, 15) is 4.79 Å². The summed E-state index contributed by atoms with van der Waals surface area (Å²) in [6.07, 6.45) is 0. The molecule has 0 aliphatic carbocycles. The Labute approximate surface area is 131 Å². The second kappa shape index (κ2) is 7.79. The van der Waals surface area contributed by atoms with Gasteiger partial charge in [0.25, 0.3) is 0 Å². The quantitative estimate of drug-likeness (QED) is 0.780. The zero-order chi connectivity index (χ0) is 16.2. The standard InChI is InChI=1S/C14H27N5OS/c1-9(2)18(10(3)4)13(20)8-21-14-17-16-12(7-15)19(14)11(5)6/h9-11H,7-8,15H2,1-6H3. The van der Waals surface area contributed by atoms with Crippen LogP contribution < -0.4 is 5.73 Å². The highest BCUT2D eigenvalue weighted by Crippen LogP contribution is 2.22. The summed E-state index contributed by atoms with van der Waals surface area (Å²) in [6, 6.07) is 0.615. The van der Waals surface area contributed by atoms with Gasteiger partial charge in [0.15, 0.2) is 5.16 Å². The highest BCUT2D eigenvalue weighted by Gasteiger charge is 2.22. The molecule has 120 valence electrons. The highest BCUT2D eigenvalue weighted by atomic mass is 32.2. The van der Waals surface area contributed by atoms with Crippen molar-refractivity contribution in [2.75, 3.05) is 5.75 Å². The van der Waals surface area contributed by atoms with E-state index >= 15 is 0 Å². The molecular formula is C14H27N5OS. The van der Waals surface area contributed by atoms with Gasteiger partial charge in [-0.2, -0.15) is 0 Å². The van der Waals surface area contributed by atoms with Crippen molar-refractivity contribution in [1.82, 2.24) is 19.7 Å². The largest absolute Gasteiger partial charge is 0.337 e. The number of nitrogens with zero attached hydrogens (tertiary/aromatic N) is 4. The van der Waals surface area contributed by atoms with Gasteiger partial charge in [0, 0.05) is 18.1 Å². The van der Waals surface area contributed by atoms with Gasteiger partial charge in [-0.3, -0.25) is 4.79 Å². The van der Waals surface area contributed by atoms with Gasteiger partial charge < -0.3 is 15.2 Å². The van der Waals surface area contributed by atoms with E-state index in [0.717, 1.165) is 11.0 Å². The van der Waals surface area contributed by atoms with E-state index in [1.165, 1.54) is 11.8 Å². The summed E-state index contributed by atoms with van der Waals surface area (Å²) >= 11 is 1.43. The summed E-state index contributed by atoms with van der Waals surface area (Å²) < 4.78 is 1.99. The normalized spacial score (nSPS) is 11.7. The van der Waals surface area contributed by atoms with Crippen LogP contribution in [0.3, 0.4) is 0 Å². The van der Waals surface area contributed by atoms with Crippen molar-refractivity contribution in [2.24, 2.45) is 5.73 Å². The van der Waals surface area contributed by atoms with Crippen molar-refractivity contribution in [3.05, 3.63) is 5.82 Å². The predicted octanol–water partition coefficient (Wildman–Crippen LogP) is 2.06. The molecule has 6 nitrogen and oxygen atoms in total. The predicted molar refractivity (Wildman–Crippen MR) is 86.1 cm³/mol. The minimum Gasteiger partial charge on any atom is -0.337 e. The number of nitrogens with two attached hydrogens (primary N) is 1. The number of hydrogen-bond donors (Lipinski definition) is 1. The minimum atomic E-state index is 0.123. The third-order valence-corrected chi connectivity index (χ3v) is 4.09. The lowest BCUT2D eigenvalue weighted by Gasteiger charge is -2.30. The molecular weight excluding hydrogens is 286 g/mol. The third kappa shape index (κ3) is 4.44. The zero-order valence-corrected chi connectivity index (χ0v) is 14.6. The first kappa shape index (κ1) is 18.0. The van der Waals surface area contributed by atoms with Crippen LogP contribution in [0.15, 0.2) is 5.16 Å². The highest BCUT2D eigenvalue weighted by molar-refractivity contribution is 7.99. The van der Waals surface area contributed by atoms with E-state index in [2.05, 4.69) is 24.0 Å². The Balaban J connectivity index is 2.80. The van der Waals surface area contributed by atoms with Gasteiger partial charge in [0.1, 0.15) is 5.82 Å². The van der Waals surface area contributed by atoms with Gasteiger partial charge in [-0.25, -0.2) is 0 Å². The fraction of sp³-hybridized carbons (Fsp3) is 0.786. The SMILES string of the molecule is CC(C)N(C(=O)CSc1nnc(CN)n1C(C)C)C(C)C. The number of amides is 1. The molecule has 0 spiro atoms. The molecule has 0 aromatic carbocycles. The van der Waals surface area contributed by atoms with Gasteiger partial charge in [-0.15, -0.1) is 10.2 Å². The lowest BCUT2D eigenvalue weighted by Crippen LogP contribution is -2.43. The van der Waals surface area contributed by atoms with Crippen LogP contribution in [0.5, 0.6) is 0 Å². The van der Waals surface area contributed by atoms with Crippen LogP contribution in [0.1, 0.15) is 53.4 Å². The molecule has 1 rings (SSSR count). The van der Waals surface area contributed by atoms with Crippen LogP contribution in [0.4, 0.5) is 0 Å². The average Bonchev–Trinajstić information content (AvgIpc) is 2.78. The maximum Gasteiger partial charge on any atom is 0.233 e. The topological polar surface area (TPSA) is 77.0 Å². The Kier molecular flexibility index (Phi) is 6.67. The number of carbonyl (C=O) groups excluding carboxylic acids is 1. The Morgan fingerprint density at radius 3 is 2.19 bits per heavy atom. The van der Waals surface area contributed by atoms with Gasteiger partial charge in [-0.05, 0) is 41.5 Å². The molecule has 0 atom stereocenters. The summed E-state index contributed by atoms with van der Waals surface area (Å²) in [5, 5.41) is 9.00. The minimum absolute atomic E-state index is 0.123. The lowest BCUT2D eigenvalue weighted by atomic mass is 10.2. The van der Waals surface area contributed by atoms with Crippen molar-refractivity contribution in [1.29, 1.82) is 0 Å². The molecule has 2 N–H and O–H groups in total. The molecule has 0 aliphatic rings. The van der Waals surface area contributed by atoms with Crippen molar-refractivity contribution >= 4 is 17.7 Å². The zero-order valence-electron chi connectivity index (χ0n) is 13.8. The summed E-state index contributed by atoms with van der Waals surface area (Å²) in [7, 11) is 0. The van der Waals surface area contributed by atoms with Gasteiger partial charge in [0.2, 0.25) is 5.91 Å². The maximum absolute atomic E-state index is 12.4. The Morgan fingerprint density at radius 1 is 1.19 bits per heavy atom. The molecule has 1 aromatic rings. The van der Waals surface area contributed by atoms with Gasteiger partial charge in [0.05, 0.1) is 12.3 Å². The lowest BCUT2D eigenvalue weighted by molar-refractivity contribution is -0.131. The van der Waals surface area contributed by atoms with Crippen LogP contribution in [0.25, 0.3) is 0 Å². The van der Waals surface area contributed by atoms with Crippen LogP contribution in [-0.4, -0.2) is 43.4 Å². The molecule has 21 heavy (non-hydrogen) atoms. The smallest absolute Gasteiger partial charge is 0.233 e. The van der Waals surface area contributed by atoms with E-state index in [4.69, 9.17) is 5.73 Å². The molecule has 0 fully saturated rings. The molecule has 1 aromatic heterocycles. The first-order valence-electron chi connectivity index (χ1n) is 7.37. The maximum atomic E-state index is 12.4. The Morgan fingerprint density at radius 2 is 1.76 bits per heavy atom. The van der Waals surface area contributed by atoms with Gasteiger partial charge in [-0.1, -0.05) is 11.8 Å². The molecule has 0 saturated carbocycles. The Hall–Kier alpha value is -1.08. The van der Waals surface area contributed by atoms with E-state index in [-0.39, 0.29) is 24.0 Å². The average molecular weight is 313 g/mol. The number of hydrogen-bond acceptors (Lipinski definition) is 5. The first-order chi connectivity index (χ1) is 9.79. The van der Waals surface area contributed by atoms with Crippen molar-refractivity contribution in [3.8, 4) is 0 Å². The Bertz CT molecular complexity index is 462. The second-order valence-electron chi connectivity index (χ2n) is 5.84.